The van der Waals surface area contributed by atoms with Crippen molar-refractivity contribution in [3.8, 4) is 0 Å². The van der Waals surface area contributed by atoms with Gasteiger partial charge in [-0.15, -0.1) is 0 Å². The molecule has 0 spiro atoms. The van der Waals surface area contributed by atoms with Crippen LogP contribution in [-0.4, -0.2) is 12.3 Å². The maximum absolute atomic E-state index is 12.0. The van der Waals surface area contributed by atoms with Crippen molar-refractivity contribution in [1.82, 2.24) is 0 Å². The van der Waals surface area contributed by atoms with E-state index in [9.17, 15) is 18.0 Å². The second-order valence-electron chi connectivity index (χ2n) is 3.02. The van der Waals surface area contributed by atoms with Crippen LogP contribution in [0.25, 0.3) is 0 Å². The van der Waals surface area contributed by atoms with Crippen molar-refractivity contribution < 1.29 is 18.0 Å². The van der Waals surface area contributed by atoms with Gasteiger partial charge in [-0.25, -0.2) is 9.79 Å². The molecule has 0 atom stereocenters. The van der Waals surface area contributed by atoms with Gasteiger partial charge in [0.25, 0.3) is 0 Å². The molecule has 2 nitrogen and oxygen atoms in total. The molecule has 0 bridgehead atoms. The van der Waals surface area contributed by atoms with Crippen LogP contribution in [0, 0.1) is 0 Å². The van der Waals surface area contributed by atoms with Gasteiger partial charge in [-0.2, -0.15) is 13.2 Å². The van der Waals surface area contributed by atoms with Crippen molar-refractivity contribution in [2.24, 2.45) is 4.99 Å². The zero-order valence-electron chi connectivity index (χ0n) is 7.71. The highest BCUT2D eigenvalue weighted by molar-refractivity contribution is 5.34. The molecule has 0 saturated heterocycles. The van der Waals surface area contributed by atoms with E-state index in [4.69, 9.17) is 0 Å². The molecule has 0 aliphatic heterocycles. The van der Waals surface area contributed by atoms with E-state index in [1.54, 1.807) is 0 Å². The Morgan fingerprint density at radius 1 is 1.13 bits per heavy atom. The summed E-state index contributed by atoms with van der Waals surface area (Å²) in [6.45, 7) is 0.149. The van der Waals surface area contributed by atoms with Gasteiger partial charge in [-0.3, -0.25) is 0 Å². The fraction of sp³-hybridized carbons (Fsp3) is 0.300. The second-order valence-corrected chi connectivity index (χ2v) is 3.02. The molecule has 15 heavy (non-hydrogen) atoms. The summed E-state index contributed by atoms with van der Waals surface area (Å²) in [5.41, 5.74) is 0.880. The van der Waals surface area contributed by atoms with Crippen molar-refractivity contribution in [2.45, 2.75) is 19.1 Å². The zero-order valence-corrected chi connectivity index (χ0v) is 7.71. The van der Waals surface area contributed by atoms with Gasteiger partial charge in [0.15, 0.2) is 0 Å². The maximum atomic E-state index is 12.0. The molecule has 0 aromatic heterocycles. The minimum atomic E-state index is -4.19. The highest BCUT2D eigenvalue weighted by atomic mass is 19.4. The Kier molecular flexibility index (Phi) is 3.63. The molecule has 0 fully saturated rings. The highest BCUT2D eigenvalue weighted by Gasteiger charge is 2.27. The minimum absolute atomic E-state index is 0.149. The Labute approximate surface area is 84.4 Å². The van der Waals surface area contributed by atoms with Crippen LogP contribution >= 0.6 is 0 Å². The molecule has 80 valence electrons. The van der Waals surface area contributed by atoms with Gasteiger partial charge in [0.1, 0.15) is 0 Å². The quantitative estimate of drug-likeness (QED) is 0.563. The van der Waals surface area contributed by atoms with E-state index < -0.39 is 12.6 Å². The van der Waals surface area contributed by atoms with Gasteiger partial charge in [0.05, 0.1) is 13.0 Å². The third-order valence-corrected chi connectivity index (χ3v) is 1.75. The first kappa shape index (κ1) is 11.5. The summed E-state index contributed by atoms with van der Waals surface area (Å²) in [7, 11) is 0. The Morgan fingerprint density at radius 2 is 1.67 bits per heavy atom. The third-order valence-electron chi connectivity index (χ3n) is 1.75. The summed E-state index contributed by atoms with van der Waals surface area (Å²) in [5, 5.41) is 0. The van der Waals surface area contributed by atoms with Crippen LogP contribution in [0.2, 0.25) is 0 Å². The Hall–Kier alpha value is -1.61. The van der Waals surface area contributed by atoms with E-state index in [-0.39, 0.29) is 12.1 Å². The molecule has 5 heteroatoms. The van der Waals surface area contributed by atoms with Crippen LogP contribution < -0.4 is 0 Å². The fourth-order valence-electron chi connectivity index (χ4n) is 1.12. The van der Waals surface area contributed by atoms with Crippen LogP contribution in [0.15, 0.2) is 29.3 Å². The summed E-state index contributed by atoms with van der Waals surface area (Å²) >= 11 is 0. The first-order chi connectivity index (χ1) is 7.01. The van der Waals surface area contributed by atoms with Crippen LogP contribution in [-0.2, 0) is 17.8 Å². The third kappa shape index (κ3) is 4.42. The number of benzene rings is 1. The topological polar surface area (TPSA) is 29.4 Å². The number of carbonyl (C=O) groups excluding carboxylic acids is 1. The molecular weight excluding hydrogens is 207 g/mol. The Morgan fingerprint density at radius 3 is 2.13 bits per heavy atom. The van der Waals surface area contributed by atoms with E-state index >= 15 is 0 Å². The number of rotatable bonds is 3. The van der Waals surface area contributed by atoms with Gasteiger partial charge in [-0.1, -0.05) is 24.3 Å². The summed E-state index contributed by atoms with van der Waals surface area (Å²) in [4.78, 5) is 13.1. The molecule has 0 unspecified atom stereocenters. The monoisotopic (exact) mass is 215 g/mol. The van der Waals surface area contributed by atoms with E-state index in [1.807, 2.05) is 0 Å². The van der Waals surface area contributed by atoms with Crippen molar-refractivity contribution >= 4 is 6.08 Å². The van der Waals surface area contributed by atoms with Crippen molar-refractivity contribution in [1.29, 1.82) is 0 Å². The maximum Gasteiger partial charge on any atom is 0.393 e. The zero-order chi connectivity index (χ0) is 11.3. The lowest BCUT2D eigenvalue weighted by Gasteiger charge is -2.06. The van der Waals surface area contributed by atoms with Crippen molar-refractivity contribution in [3.05, 3.63) is 35.4 Å². The van der Waals surface area contributed by atoms with Gasteiger partial charge in [-0.05, 0) is 11.1 Å². The lowest BCUT2D eigenvalue weighted by atomic mass is 10.1. The average Bonchev–Trinajstić information content (AvgIpc) is 2.14. The van der Waals surface area contributed by atoms with Gasteiger partial charge in [0, 0.05) is 0 Å². The standard InChI is InChI=1S/C10H8F3NO/c11-10(12,13)5-8-1-3-9(4-2-8)6-14-7-15/h1-4H,5-6H2. The molecule has 0 aliphatic rings. The largest absolute Gasteiger partial charge is 0.393 e. The second kappa shape index (κ2) is 4.75. The average molecular weight is 215 g/mol. The number of alkyl halides is 3. The molecular formula is C10H8F3NO. The Bertz CT molecular complexity index is 363. The molecule has 0 heterocycles. The van der Waals surface area contributed by atoms with Crippen LogP contribution in [0.3, 0.4) is 0 Å². The summed E-state index contributed by atoms with van der Waals surface area (Å²) < 4.78 is 35.9. The smallest absolute Gasteiger partial charge is 0.211 e. The molecule has 1 aromatic carbocycles. The van der Waals surface area contributed by atoms with Crippen LogP contribution in [0.4, 0.5) is 13.2 Å². The number of nitrogens with zero attached hydrogens (tertiary/aromatic N) is 1. The van der Waals surface area contributed by atoms with E-state index in [0.29, 0.717) is 5.56 Å². The van der Waals surface area contributed by atoms with Crippen molar-refractivity contribution in [3.63, 3.8) is 0 Å². The van der Waals surface area contributed by atoms with Gasteiger partial charge >= 0.3 is 6.18 Å². The molecule has 1 rings (SSSR count). The molecule has 0 amide bonds. The predicted molar refractivity (Wildman–Crippen MR) is 48.0 cm³/mol. The van der Waals surface area contributed by atoms with Crippen LogP contribution in [0.5, 0.6) is 0 Å². The fourth-order valence-corrected chi connectivity index (χ4v) is 1.12. The minimum Gasteiger partial charge on any atom is -0.211 e. The van der Waals surface area contributed by atoms with Gasteiger partial charge < -0.3 is 0 Å². The van der Waals surface area contributed by atoms with E-state index in [2.05, 4.69) is 4.99 Å². The lowest BCUT2D eigenvalue weighted by Crippen LogP contribution is -2.11. The highest BCUT2D eigenvalue weighted by Crippen LogP contribution is 2.21. The van der Waals surface area contributed by atoms with Crippen LogP contribution in [0.1, 0.15) is 11.1 Å². The van der Waals surface area contributed by atoms with E-state index in [0.717, 1.165) is 0 Å². The normalized spacial score (nSPS) is 10.9. The van der Waals surface area contributed by atoms with Crippen molar-refractivity contribution in [2.75, 3.05) is 0 Å². The lowest BCUT2D eigenvalue weighted by molar-refractivity contribution is -0.127. The predicted octanol–water partition coefficient (Wildman–Crippen LogP) is 2.63. The number of hydrogen-bond acceptors (Lipinski definition) is 2. The summed E-state index contributed by atoms with van der Waals surface area (Å²) in [6.07, 6.45) is -3.77. The molecule has 0 radical (unpaired) electrons. The first-order valence-corrected chi connectivity index (χ1v) is 4.19. The number of aliphatic imine (C=N–C) groups is 1. The Balaban J connectivity index is 2.68. The summed E-state index contributed by atoms with van der Waals surface area (Å²) in [6, 6.07) is 5.79. The number of halogens is 3. The SMILES string of the molecule is O=C=NCc1ccc(CC(F)(F)F)cc1. The molecule has 0 N–H and O–H groups in total. The first-order valence-electron chi connectivity index (χ1n) is 4.19. The summed E-state index contributed by atoms with van der Waals surface area (Å²) in [5.74, 6) is 0. The molecule has 0 aliphatic carbocycles. The number of isocyanates is 1. The van der Waals surface area contributed by atoms with E-state index in [1.165, 1.54) is 30.3 Å². The molecule has 1 aromatic rings. The molecule has 0 saturated carbocycles. The number of hydrogen-bond donors (Lipinski definition) is 0. The van der Waals surface area contributed by atoms with Gasteiger partial charge in [0.2, 0.25) is 6.08 Å².